The summed E-state index contributed by atoms with van der Waals surface area (Å²) in [5, 5.41) is 0. The fourth-order valence-electron chi connectivity index (χ4n) is 3.35. The lowest BCUT2D eigenvalue weighted by Gasteiger charge is -2.22. The smallest absolute Gasteiger partial charge is 0.248 e. The predicted molar refractivity (Wildman–Crippen MR) is 75.8 cm³/mol. The van der Waals surface area contributed by atoms with Gasteiger partial charge in [-0.15, -0.1) is 0 Å². The average Bonchev–Trinajstić information content (AvgIpc) is 3.05. The summed E-state index contributed by atoms with van der Waals surface area (Å²) in [6, 6.07) is 7.13. The molecule has 2 unspecified atom stereocenters. The highest BCUT2D eigenvalue weighted by Gasteiger charge is 2.48. The predicted octanol–water partition coefficient (Wildman–Crippen LogP) is 1.79. The Balaban J connectivity index is 1.58. The van der Waals surface area contributed by atoms with E-state index in [-0.39, 0.29) is 11.8 Å². The molecule has 0 aromatic heterocycles. The van der Waals surface area contributed by atoms with Gasteiger partial charge in [0.2, 0.25) is 11.8 Å². The Labute approximate surface area is 118 Å². The molecule has 3 rings (SSSR count). The Hall–Kier alpha value is -1.84. The molecule has 20 heavy (non-hydrogen) atoms. The lowest BCUT2D eigenvalue weighted by atomic mass is 10.0. The largest absolute Gasteiger partial charge is 0.366 e. The number of benzene rings is 1. The molecule has 0 aliphatic heterocycles. The van der Waals surface area contributed by atoms with Crippen molar-refractivity contribution in [1.82, 2.24) is 4.90 Å². The number of hydrogen-bond acceptors (Lipinski definition) is 2. The minimum atomic E-state index is -0.425. The van der Waals surface area contributed by atoms with Crippen molar-refractivity contribution in [2.45, 2.75) is 25.8 Å². The number of nitrogens with zero attached hydrogens (tertiary/aromatic N) is 1. The maximum absolute atomic E-state index is 12.3. The average molecular weight is 272 g/mol. The van der Waals surface area contributed by atoms with Gasteiger partial charge in [0, 0.05) is 25.1 Å². The summed E-state index contributed by atoms with van der Waals surface area (Å²) < 4.78 is 0. The molecule has 0 bridgehead atoms. The van der Waals surface area contributed by atoms with Gasteiger partial charge < -0.3 is 10.6 Å². The Morgan fingerprint density at radius 2 is 1.75 bits per heavy atom. The number of primary amides is 1. The zero-order chi connectivity index (χ0) is 14.3. The van der Waals surface area contributed by atoms with Crippen molar-refractivity contribution in [3.8, 4) is 0 Å². The van der Waals surface area contributed by atoms with Crippen molar-refractivity contribution >= 4 is 11.8 Å². The topological polar surface area (TPSA) is 63.4 Å². The Morgan fingerprint density at radius 3 is 2.30 bits per heavy atom. The third-order valence-corrected chi connectivity index (χ3v) is 4.63. The highest BCUT2D eigenvalue weighted by molar-refractivity contribution is 5.92. The van der Waals surface area contributed by atoms with E-state index < -0.39 is 5.91 Å². The third kappa shape index (κ3) is 2.55. The van der Waals surface area contributed by atoms with Crippen molar-refractivity contribution in [2.75, 3.05) is 7.05 Å². The molecule has 1 aromatic carbocycles. The van der Waals surface area contributed by atoms with Crippen LogP contribution < -0.4 is 5.73 Å². The molecule has 2 saturated carbocycles. The van der Waals surface area contributed by atoms with E-state index >= 15 is 0 Å². The number of nitrogens with two attached hydrogens (primary N) is 1. The quantitative estimate of drug-likeness (QED) is 0.908. The lowest BCUT2D eigenvalue weighted by molar-refractivity contribution is -0.134. The number of carbonyl (C=O) groups is 2. The van der Waals surface area contributed by atoms with Crippen LogP contribution in [-0.2, 0) is 11.3 Å². The van der Waals surface area contributed by atoms with Gasteiger partial charge in [-0.25, -0.2) is 0 Å². The van der Waals surface area contributed by atoms with E-state index in [0.29, 0.717) is 12.1 Å². The van der Waals surface area contributed by atoms with E-state index in [1.165, 1.54) is 6.42 Å². The van der Waals surface area contributed by atoms with E-state index in [0.717, 1.165) is 30.2 Å². The molecule has 0 spiro atoms. The maximum atomic E-state index is 12.3. The molecule has 4 heteroatoms. The van der Waals surface area contributed by atoms with Gasteiger partial charge in [-0.3, -0.25) is 9.59 Å². The molecule has 106 valence electrons. The second-order valence-electron chi connectivity index (χ2n) is 6.18. The zero-order valence-electron chi connectivity index (χ0n) is 11.7. The number of rotatable bonds is 4. The molecule has 2 fully saturated rings. The first-order valence-corrected chi connectivity index (χ1v) is 7.18. The summed E-state index contributed by atoms with van der Waals surface area (Å²) in [4.78, 5) is 25.2. The van der Waals surface area contributed by atoms with Gasteiger partial charge in [0.1, 0.15) is 0 Å². The van der Waals surface area contributed by atoms with Crippen LogP contribution in [0, 0.1) is 17.8 Å². The van der Waals surface area contributed by atoms with E-state index in [1.54, 1.807) is 17.0 Å². The Bertz CT molecular complexity index is 528. The van der Waals surface area contributed by atoms with Gasteiger partial charge in [0.25, 0.3) is 0 Å². The summed E-state index contributed by atoms with van der Waals surface area (Å²) in [5.41, 5.74) is 6.73. The Morgan fingerprint density at radius 1 is 1.15 bits per heavy atom. The van der Waals surface area contributed by atoms with Crippen molar-refractivity contribution in [3.63, 3.8) is 0 Å². The van der Waals surface area contributed by atoms with Crippen LogP contribution in [0.2, 0.25) is 0 Å². The van der Waals surface area contributed by atoms with E-state index in [1.807, 2.05) is 19.2 Å². The van der Waals surface area contributed by atoms with Crippen LogP contribution in [-0.4, -0.2) is 23.8 Å². The number of amides is 2. The van der Waals surface area contributed by atoms with E-state index in [9.17, 15) is 9.59 Å². The van der Waals surface area contributed by atoms with Crippen molar-refractivity contribution in [3.05, 3.63) is 35.4 Å². The number of fused-ring (bicyclic) bond motifs is 1. The molecule has 0 saturated heterocycles. The van der Waals surface area contributed by atoms with Gasteiger partial charge >= 0.3 is 0 Å². The highest BCUT2D eigenvalue weighted by atomic mass is 16.2. The second-order valence-corrected chi connectivity index (χ2v) is 6.18. The highest BCUT2D eigenvalue weighted by Crippen LogP contribution is 2.54. The maximum Gasteiger partial charge on any atom is 0.248 e. The molecular weight excluding hydrogens is 252 g/mol. The van der Waals surface area contributed by atoms with Gasteiger partial charge in [-0.1, -0.05) is 12.1 Å². The zero-order valence-corrected chi connectivity index (χ0v) is 11.7. The Kier molecular flexibility index (Phi) is 3.24. The molecule has 2 atom stereocenters. The molecular formula is C16H20N2O2. The number of carbonyl (C=O) groups excluding carboxylic acids is 2. The SMILES string of the molecule is CN(Cc1ccc(C(N)=O)cc1)C(=O)C1CC2CC2C1. The van der Waals surface area contributed by atoms with Crippen LogP contribution in [0.5, 0.6) is 0 Å². The first-order valence-electron chi connectivity index (χ1n) is 7.18. The minimum Gasteiger partial charge on any atom is -0.366 e. The van der Waals surface area contributed by atoms with Crippen LogP contribution in [0.25, 0.3) is 0 Å². The standard InChI is InChI=1S/C16H20N2O2/c1-18(16(20)14-7-12-6-13(12)8-14)9-10-2-4-11(5-3-10)15(17)19/h2-5,12-14H,6-9H2,1H3,(H2,17,19). The molecule has 2 aliphatic carbocycles. The second kappa shape index (κ2) is 4.93. The van der Waals surface area contributed by atoms with Crippen LogP contribution in [0.1, 0.15) is 35.2 Å². The van der Waals surface area contributed by atoms with Gasteiger partial charge in [0.15, 0.2) is 0 Å². The van der Waals surface area contributed by atoms with Gasteiger partial charge in [0.05, 0.1) is 0 Å². The van der Waals surface area contributed by atoms with Crippen molar-refractivity contribution in [1.29, 1.82) is 0 Å². The van der Waals surface area contributed by atoms with E-state index in [4.69, 9.17) is 5.73 Å². The van der Waals surface area contributed by atoms with Crippen LogP contribution in [0.4, 0.5) is 0 Å². The van der Waals surface area contributed by atoms with Crippen LogP contribution >= 0.6 is 0 Å². The summed E-state index contributed by atoms with van der Waals surface area (Å²) in [6.07, 6.45) is 3.49. The van der Waals surface area contributed by atoms with Crippen molar-refractivity contribution in [2.24, 2.45) is 23.5 Å². The molecule has 0 radical (unpaired) electrons. The normalized spacial score (nSPS) is 26.9. The molecule has 4 nitrogen and oxygen atoms in total. The monoisotopic (exact) mass is 272 g/mol. The van der Waals surface area contributed by atoms with E-state index in [2.05, 4.69) is 0 Å². The fraction of sp³-hybridized carbons (Fsp3) is 0.500. The molecule has 0 heterocycles. The van der Waals surface area contributed by atoms with Crippen LogP contribution in [0.15, 0.2) is 24.3 Å². The van der Waals surface area contributed by atoms with Crippen LogP contribution in [0.3, 0.4) is 0 Å². The minimum absolute atomic E-state index is 0.230. The summed E-state index contributed by atoms with van der Waals surface area (Å²) in [6.45, 7) is 0.587. The summed E-state index contributed by atoms with van der Waals surface area (Å²) in [7, 11) is 1.86. The molecule has 2 aliphatic rings. The fourth-order valence-corrected chi connectivity index (χ4v) is 3.35. The van der Waals surface area contributed by atoms with Crippen molar-refractivity contribution < 1.29 is 9.59 Å². The number of hydrogen-bond donors (Lipinski definition) is 1. The molecule has 2 N–H and O–H groups in total. The lowest BCUT2D eigenvalue weighted by Crippen LogP contribution is -2.32. The summed E-state index contributed by atoms with van der Waals surface area (Å²) in [5.74, 6) is 1.72. The molecule has 1 aromatic rings. The first-order chi connectivity index (χ1) is 9.54. The molecule has 2 amide bonds. The first kappa shape index (κ1) is 13.2. The van der Waals surface area contributed by atoms with Gasteiger partial charge in [-0.2, -0.15) is 0 Å². The summed E-state index contributed by atoms with van der Waals surface area (Å²) >= 11 is 0. The van der Waals surface area contributed by atoms with Gasteiger partial charge in [-0.05, 0) is 48.8 Å². The third-order valence-electron chi connectivity index (χ3n) is 4.63.